The van der Waals surface area contributed by atoms with Gasteiger partial charge in [0, 0.05) is 32.2 Å². The molecule has 0 amide bonds. The Kier molecular flexibility index (Phi) is 3.98. The third kappa shape index (κ3) is 3.52. The fraction of sp³-hybridized carbons (Fsp3) is 1.00. The average Bonchev–Trinajstić information content (AvgIpc) is 2.35. The summed E-state index contributed by atoms with van der Waals surface area (Å²) in [6.07, 6.45) is 0.867. The van der Waals surface area contributed by atoms with Crippen molar-refractivity contribution in [2.45, 2.75) is 32.4 Å². The van der Waals surface area contributed by atoms with Crippen LogP contribution in [0.2, 0.25) is 0 Å². The van der Waals surface area contributed by atoms with Gasteiger partial charge in [-0.25, -0.2) is 0 Å². The summed E-state index contributed by atoms with van der Waals surface area (Å²) in [5.41, 5.74) is 0. The van der Waals surface area contributed by atoms with Gasteiger partial charge in [-0.2, -0.15) is 0 Å². The molecule has 0 bridgehead atoms. The highest BCUT2D eigenvalue weighted by Crippen LogP contribution is 2.06. The van der Waals surface area contributed by atoms with Crippen molar-refractivity contribution in [1.29, 1.82) is 0 Å². The van der Waals surface area contributed by atoms with Crippen molar-refractivity contribution < 1.29 is 5.11 Å². The zero-order valence-electron chi connectivity index (χ0n) is 8.08. The first-order valence-corrected chi connectivity index (χ1v) is 4.82. The molecule has 1 saturated heterocycles. The number of nitrogens with zero attached hydrogens (tertiary/aromatic N) is 1. The normalized spacial score (nSPS) is 25.5. The van der Waals surface area contributed by atoms with Gasteiger partial charge >= 0.3 is 0 Å². The van der Waals surface area contributed by atoms with E-state index in [1.165, 1.54) is 0 Å². The van der Waals surface area contributed by atoms with E-state index in [4.69, 9.17) is 0 Å². The molecule has 12 heavy (non-hydrogen) atoms. The Labute approximate surface area is 74.8 Å². The number of hydrogen-bond donors (Lipinski definition) is 2. The van der Waals surface area contributed by atoms with E-state index in [9.17, 15) is 5.11 Å². The lowest BCUT2D eigenvalue weighted by Crippen LogP contribution is -2.34. The number of β-amino-alcohol motifs (C(OH)–C–C–N with tert-alkyl or cyclic N) is 1. The lowest BCUT2D eigenvalue weighted by molar-refractivity contribution is 0.176. The lowest BCUT2D eigenvalue weighted by Gasteiger charge is -2.16. The van der Waals surface area contributed by atoms with E-state index in [-0.39, 0.29) is 6.10 Å². The van der Waals surface area contributed by atoms with Crippen LogP contribution in [-0.4, -0.2) is 48.3 Å². The molecule has 1 rings (SSSR count). The maximum Gasteiger partial charge on any atom is 0.0679 e. The van der Waals surface area contributed by atoms with Crippen LogP contribution in [0.3, 0.4) is 0 Å². The van der Waals surface area contributed by atoms with Crippen LogP contribution in [0.15, 0.2) is 0 Å². The molecule has 0 aliphatic carbocycles. The van der Waals surface area contributed by atoms with Crippen LogP contribution in [0.5, 0.6) is 0 Å². The van der Waals surface area contributed by atoms with Gasteiger partial charge in [-0.15, -0.1) is 0 Å². The summed E-state index contributed by atoms with van der Waals surface area (Å²) >= 11 is 0. The number of likely N-dealkylation sites (tertiary alicyclic amines) is 1. The van der Waals surface area contributed by atoms with E-state index in [1.54, 1.807) is 0 Å². The Bertz CT molecular complexity index is 128. The molecular formula is C9H20N2O. The predicted octanol–water partition coefficient (Wildman–Crippen LogP) is 0.0510. The average molecular weight is 172 g/mol. The van der Waals surface area contributed by atoms with Gasteiger partial charge in [0.2, 0.25) is 0 Å². The van der Waals surface area contributed by atoms with Gasteiger partial charge in [0.05, 0.1) is 6.10 Å². The van der Waals surface area contributed by atoms with Crippen molar-refractivity contribution in [2.24, 2.45) is 0 Å². The summed E-state index contributed by atoms with van der Waals surface area (Å²) < 4.78 is 0. The Hall–Kier alpha value is -0.120. The van der Waals surface area contributed by atoms with Gasteiger partial charge < -0.3 is 10.4 Å². The number of rotatable bonds is 4. The number of aliphatic hydroxyl groups excluding tert-OH is 1. The molecule has 2 N–H and O–H groups in total. The third-order valence-corrected chi connectivity index (χ3v) is 2.23. The second-order valence-corrected chi connectivity index (χ2v) is 3.85. The smallest absolute Gasteiger partial charge is 0.0679 e. The molecule has 3 heteroatoms. The molecule has 0 aromatic carbocycles. The van der Waals surface area contributed by atoms with Crippen molar-refractivity contribution in [2.75, 3.05) is 26.2 Å². The quantitative estimate of drug-likeness (QED) is 0.629. The predicted molar refractivity (Wildman–Crippen MR) is 50.2 cm³/mol. The minimum Gasteiger partial charge on any atom is -0.392 e. The van der Waals surface area contributed by atoms with Gasteiger partial charge in [0.1, 0.15) is 0 Å². The highest BCUT2D eigenvalue weighted by molar-refractivity contribution is 4.74. The summed E-state index contributed by atoms with van der Waals surface area (Å²) in [7, 11) is 0. The van der Waals surface area contributed by atoms with Crippen LogP contribution >= 0.6 is 0 Å². The maximum atomic E-state index is 9.25. The van der Waals surface area contributed by atoms with Gasteiger partial charge in [-0.05, 0) is 6.42 Å². The molecule has 72 valence electrons. The third-order valence-electron chi connectivity index (χ3n) is 2.23. The molecular weight excluding hydrogens is 152 g/mol. The highest BCUT2D eigenvalue weighted by atomic mass is 16.3. The molecule has 0 saturated carbocycles. The molecule has 1 aliphatic rings. The van der Waals surface area contributed by atoms with Gasteiger partial charge in [-0.3, -0.25) is 4.90 Å². The second kappa shape index (κ2) is 4.80. The minimum absolute atomic E-state index is 0.0796. The molecule has 1 atom stereocenters. The first-order chi connectivity index (χ1) is 5.68. The summed E-state index contributed by atoms with van der Waals surface area (Å²) in [6.45, 7) is 8.32. The maximum absolute atomic E-state index is 9.25. The van der Waals surface area contributed by atoms with E-state index in [1.807, 2.05) is 0 Å². The van der Waals surface area contributed by atoms with E-state index in [0.717, 1.165) is 32.6 Å². The standard InChI is InChI=1S/C9H20N2O/c1-8(2)10-4-6-11-5-3-9(12)7-11/h8-10,12H,3-7H2,1-2H3. The van der Waals surface area contributed by atoms with Crippen molar-refractivity contribution >= 4 is 0 Å². The Morgan fingerprint density at radius 2 is 2.33 bits per heavy atom. The summed E-state index contributed by atoms with van der Waals surface area (Å²) in [5.74, 6) is 0. The SMILES string of the molecule is CC(C)NCCN1CCC(O)C1. The first-order valence-electron chi connectivity index (χ1n) is 4.82. The molecule has 1 unspecified atom stereocenters. The van der Waals surface area contributed by atoms with Crippen LogP contribution in [-0.2, 0) is 0 Å². The summed E-state index contributed by atoms with van der Waals surface area (Å²) in [4.78, 5) is 2.31. The van der Waals surface area contributed by atoms with Gasteiger partial charge in [0.15, 0.2) is 0 Å². The molecule has 1 heterocycles. The van der Waals surface area contributed by atoms with Crippen LogP contribution in [0.4, 0.5) is 0 Å². The molecule has 0 spiro atoms. The van der Waals surface area contributed by atoms with E-state index >= 15 is 0 Å². The fourth-order valence-corrected chi connectivity index (χ4v) is 1.53. The zero-order valence-corrected chi connectivity index (χ0v) is 8.08. The number of nitrogens with one attached hydrogen (secondary N) is 1. The molecule has 0 aromatic rings. The minimum atomic E-state index is -0.0796. The largest absolute Gasteiger partial charge is 0.392 e. The monoisotopic (exact) mass is 172 g/mol. The second-order valence-electron chi connectivity index (χ2n) is 3.85. The number of aliphatic hydroxyl groups is 1. The van der Waals surface area contributed by atoms with Crippen LogP contribution in [0.25, 0.3) is 0 Å². The first kappa shape index (κ1) is 9.96. The van der Waals surface area contributed by atoms with Crippen molar-refractivity contribution in [3.63, 3.8) is 0 Å². The molecule has 1 aliphatic heterocycles. The van der Waals surface area contributed by atoms with E-state index in [2.05, 4.69) is 24.1 Å². The fourth-order valence-electron chi connectivity index (χ4n) is 1.53. The number of hydrogen-bond acceptors (Lipinski definition) is 3. The molecule has 0 aromatic heterocycles. The molecule has 3 nitrogen and oxygen atoms in total. The van der Waals surface area contributed by atoms with E-state index < -0.39 is 0 Å². The van der Waals surface area contributed by atoms with Crippen molar-refractivity contribution in [3.8, 4) is 0 Å². The van der Waals surface area contributed by atoms with Crippen LogP contribution < -0.4 is 5.32 Å². The van der Waals surface area contributed by atoms with Crippen LogP contribution in [0.1, 0.15) is 20.3 Å². The van der Waals surface area contributed by atoms with E-state index in [0.29, 0.717) is 6.04 Å². The lowest BCUT2D eigenvalue weighted by atomic mass is 10.3. The van der Waals surface area contributed by atoms with Gasteiger partial charge in [-0.1, -0.05) is 13.8 Å². The van der Waals surface area contributed by atoms with Crippen molar-refractivity contribution in [3.05, 3.63) is 0 Å². The zero-order chi connectivity index (χ0) is 8.97. The Morgan fingerprint density at radius 3 is 2.83 bits per heavy atom. The topological polar surface area (TPSA) is 35.5 Å². The molecule has 0 radical (unpaired) electrons. The summed E-state index contributed by atoms with van der Waals surface area (Å²) in [6, 6.07) is 0.567. The van der Waals surface area contributed by atoms with Crippen LogP contribution in [0, 0.1) is 0 Å². The highest BCUT2D eigenvalue weighted by Gasteiger charge is 2.18. The van der Waals surface area contributed by atoms with Crippen molar-refractivity contribution in [1.82, 2.24) is 10.2 Å². The Morgan fingerprint density at radius 1 is 1.58 bits per heavy atom. The summed E-state index contributed by atoms with van der Waals surface area (Å²) in [5, 5.41) is 12.6. The van der Waals surface area contributed by atoms with Gasteiger partial charge in [0.25, 0.3) is 0 Å². The molecule has 1 fully saturated rings. The Balaban J connectivity index is 2.00.